The van der Waals surface area contributed by atoms with Crippen molar-refractivity contribution >= 4 is 17.3 Å². The minimum atomic E-state index is 0.264. The molecule has 0 heterocycles. The molecule has 0 aliphatic carbocycles. The van der Waals surface area contributed by atoms with Crippen molar-refractivity contribution in [2.45, 2.75) is 59.0 Å². The minimum absolute atomic E-state index is 0.264. The Labute approximate surface area is 112 Å². The highest BCUT2D eigenvalue weighted by atomic mass is 32.1. The monoisotopic (exact) mass is 260 g/mol. The Bertz CT molecular complexity index is 210. The first-order valence-electron chi connectivity index (χ1n) is 6.59. The van der Waals surface area contributed by atoms with E-state index in [4.69, 9.17) is 17.0 Å². The number of methoxy groups -OCH3 is 1. The quantitative estimate of drug-likeness (QED) is 0.536. The molecule has 0 saturated carbocycles. The van der Waals surface area contributed by atoms with Crippen LogP contribution in [0, 0.1) is 0 Å². The van der Waals surface area contributed by atoms with Gasteiger partial charge in [-0.05, 0) is 39.4 Å². The number of hydrogen-bond acceptors (Lipinski definition) is 2. The van der Waals surface area contributed by atoms with Crippen molar-refractivity contribution in [3.63, 3.8) is 0 Å². The van der Waals surface area contributed by atoms with Crippen LogP contribution >= 0.6 is 12.2 Å². The second kappa shape index (κ2) is 9.66. The van der Waals surface area contributed by atoms with Gasteiger partial charge in [-0.2, -0.15) is 0 Å². The lowest BCUT2D eigenvalue weighted by Crippen LogP contribution is -2.48. The molecule has 0 amide bonds. The second-order valence-corrected chi connectivity index (χ2v) is 5.19. The van der Waals surface area contributed by atoms with Gasteiger partial charge in [0.15, 0.2) is 5.11 Å². The molecule has 0 saturated heterocycles. The molecule has 1 atom stereocenters. The van der Waals surface area contributed by atoms with E-state index in [0.29, 0.717) is 12.6 Å². The summed E-state index contributed by atoms with van der Waals surface area (Å²) in [7, 11) is 1.71. The summed E-state index contributed by atoms with van der Waals surface area (Å²) in [5.41, 5.74) is 0. The van der Waals surface area contributed by atoms with E-state index in [0.717, 1.165) is 11.7 Å². The van der Waals surface area contributed by atoms with Gasteiger partial charge in [0.05, 0.1) is 6.61 Å². The van der Waals surface area contributed by atoms with Gasteiger partial charge in [0, 0.05) is 25.7 Å². The van der Waals surface area contributed by atoms with E-state index in [2.05, 4.69) is 37.9 Å². The molecule has 0 aliphatic heterocycles. The molecule has 102 valence electrons. The lowest BCUT2D eigenvalue weighted by Gasteiger charge is -2.31. The average Bonchev–Trinajstić information content (AvgIpc) is 2.23. The van der Waals surface area contributed by atoms with Crippen molar-refractivity contribution in [3.05, 3.63) is 0 Å². The average molecular weight is 260 g/mol. The van der Waals surface area contributed by atoms with Gasteiger partial charge >= 0.3 is 0 Å². The molecule has 0 aromatic heterocycles. The summed E-state index contributed by atoms with van der Waals surface area (Å²) in [5, 5.41) is 4.17. The van der Waals surface area contributed by atoms with Crippen LogP contribution in [-0.4, -0.2) is 42.4 Å². The summed E-state index contributed by atoms with van der Waals surface area (Å²) < 4.78 is 5.10. The van der Waals surface area contributed by atoms with Crippen LogP contribution in [0.25, 0.3) is 0 Å². The van der Waals surface area contributed by atoms with E-state index in [-0.39, 0.29) is 6.04 Å². The summed E-state index contributed by atoms with van der Waals surface area (Å²) in [6.07, 6.45) is 3.71. The number of thiocarbonyl (C=S) groups is 1. The van der Waals surface area contributed by atoms with E-state index < -0.39 is 0 Å². The topological polar surface area (TPSA) is 24.5 Å². The van der Waals surface area contributed by atoms with E-state index in [9.17, 15) is 0 Å². The molecule has 0 aliphatic rings. The van der Waals surface area contributed by atoms with E-state index >= 15 is 0 Å². The molecular weight excluding hydrogens is 232 g/mol. The summed E-state index contributed by atoms with van der Waals surface area (Å²) >= 11 is 5.45. The molecular formula is C13H28N2OS. The van der Waals surface area contributed by atoms with Crippen LogP contribution in [-0.2, 0) is 4.74 Å². The lowest BCUT2D eigenvalue weighted by atomic mass is 10.2. The van der Waals surface area contributed by atoms with Crippen molar-refractivity contribution in [1.29, 1.82) is 0 Å². The zero-order valence-electron chi connectivity index (χ0n) is 12.0. The second-order valence-electron chi connectivity index (χ2n) is 4.80. The van der Waals surface area contributed by atoms with Crippen LogP contribution in [0.1, 0.15) is 47.0 Å². The largest absolute Gasteiger partial charge is 0.383 e. The number of rotatable bonds is 8. The highest BCUT2D eigenvalue weighted by molar-refractivity contribution is 7.80. The third-order valence-electron chi connectivity index (χ3n) is 2.67. The third-order valence-corrected chi connectivity index (χ3v) is 3.03. The third kappa shape index (κ3) is 7.55. The molecule has 0 spiro atoms. The Morgan fingerprint density at radius 2 is 1.94 bits per heavy atom. The zero-order chi connectivity index (χ0) is 13.3. The Morgan fingerprint density at radius 1 is 1.29 bits per heavy atom. The maximum atomic E-state index is 5.45. The fourth-order valence-corrected chi connectivity index (χ4v) is 2.22. The maximum Gasteiger partial charge on any atom is 0.169 e. The molecule has 0 fully saturated rings. The number of hydrogen-bond donors (Lipinski definition) is 1. The molecule has 0 aromatic rings. The first kappa shape index (κ1) is 16.6. The highest BCUT2D eigenvalue weighted by Crippen LogP contribution is 2.04. The first-order valence-corrected chi connectivity index (χ1v) is 6.99. The number of ether oxygens (including phenoxy) is 1. The van der Waals surface area contributed by atoms with Crippen molar-refractivity contribution in [2.75, 3.05) is 20.3 Å². The predicted octanol–water partition coefficient (Wildman–Crippen LogP) is 2.80. The Balaban J connectivity index is 4.14. The van der Waals surface area contributed by atoms with Gasteiger partial charge in [-0.1, -0.05) is 19.8 Å². The molecule has 0 bridgehead atoms. The van der Waals surface area contributed by atoms with Crippen molar-refractivity contribution < 1.29 is 4.74 Å². The van der Waals surface area contributed by atoms with Gasteiger partial charge < -0.3 is 15.0 Å². The first-order chi connectivity index (χ1) is 8.02. The fourth-order valence-electron chi connectivity index (χ4n) is 1.71. The van der Waals surface area contributed by atoms with Crippen molar-refractivity contribution in [1.82, 2.24) is 10.2 Å². The summed E-state index contributed by atoms with van der Waals surface area (Å²) in [6.45, 7) is 10.4. The fraction of sp³-hybridized carbons (Fsp3) is 0.923. The van der Waals surface area contributed by atoms with Gasteiger partial charge in [0.25, 0.3) is 0 Å². The molecule has 0 radical (unpaired) electrons. The standard InChI is InChI=1S/C13H28N2OS/c1-6-7-8-9-15(11(2)3)13(17)14-12(4)10-16-5/h11-12H,6-10H2,1-5H3,(H,14,17). The molecule has 4 heteroatoms. The van der Waals surface area contributed by atoms with E-state index in [1.807, 2.05) is 0 Å². The van der Waals surface area contributed by atoms with Crippen molar-refractivity contribution in [3.8, 4) is 0 Å². The molecule has 1 N–H and O–H groups in total. The molecule has 0 rings (SSSR count). The Morgan fingerprint density at radius 3 is 2.41 bits per heavy atom. The summed E-state index contributed by atoms with van der Waals surface area (Å²) in [6, 6.07) is 0.710. The van der Waals surface area contributed by atoms with Gasteiger partial charge in [-0.25, -0.2) is 0 Å². The summed E-state index contributed by atoms with van der Waals surface area (Å²) in [4.78, 5) is 2.26. The number of nitrogens with one attached hydrogen (secondary N) is 1. The molecule has 0 aromatic carbocycles. The van der Waals surface area contributed by atoms with Gasteiger partial charge in [-0.15, -0.1) is 0 Å². The van der Waals surface area contributed by atoms with Crippen molar-refractivity contribution in [2.24, 2.45) is 0 Å². The molecule has 1 unspecified atom stereocenters. The van der Waals surface area contributed by atoms with E-state index in [1.165, 1.54) is 19.3 Å². The lowest BCUT2D eigenvalue weighted by molar-refractivity contribution is 0.177. The van der Waals surface area contributed by atoms with E-state index in [1.54, 1.807) is 7.11 Å². The SMILES string of the molecule is CCCCCN(C(=S)NC(C)COC)C(C)C. The van der Waals surface area contributed by atoms with Gasteiger partial charge in [0.1, 0.15) is 0 Å². The Hall–Kier alpha value is -0.350. The smallest absolute Gasteiger partial charge is 0.169 e. The molecule has 3 nitrogen and oxygen atoms in total. The zero-order valence-corrected chi connectivity index (χ0v) is 12.8. The van der Waals surface area contributed by atoms with Crippen LogP contribution in [0.15, 0.2) is 0 Å². The van der Waals surface area contributed by atoms with Crippen LogP contribution in [0.5, 0.6) is 0 Å². The van der Waals surface area contributed by atoms with Crippen LogP contribution in [0.2, 0.25) is 0 Å². The number of unbranched alkanes of at least 4 members (excludes halogenated alkanes) is 2. The van der Waals surface area contributed by atoms with Crippen LogP contribution in [0.4, 0.5) is 0 Å². The van der Waals surface area contributed by atoms with Gasteiger partial charge in [-0.3, -0.25) is 0 Å². The number of nitrogens with zero attached hydrogens (tertiary/aromatic N) is 1. The van der Waals surface area contributed by atoms with Crippen LogP contribution in [0.3, 0.4) is 0 Å². The summed E-state index contributed by atoms with van der Waals surface area (Å²) in [5.74, 6) is 0. The minimum Gasteiger partial charge on any atom is -0.383 e. The maximum absolute atomic E-state index is 5.45. The molecule has 17 heavy (non-hydrogen) atoms. The normalized spacial score (nSPS) is 12.6. The van der Waals surface area contributed by atoms with Gasteiger partial charge in [0.2, 0.25) is 0 Å². The highest BCUT2D eigenvalue weighted by Gasteiger charge is 2.14. The van der Waals surface area contributed by atoms with Crippen LogP contribution < -0.4 is 5.32 Å². The Kier molecular flexibility index (Phi) is 9.46. The predicted molar refractivity (Wildman–Crippen MR) is 78.4 cm³/mol.